The van der Waals surface area contributed by atoms with Crippen LogP contribution in [0.3, 0.4) is 0 Å². The second-order valence-corrected chi connectivity index (χ2v) is 3.73. The summed E-state index contributed by atoms with van der Waals surface area (Å²) in [6.07, 6.45) is -4.71. The molecule has 1 aliphatic heterocycles. The average molecular weight is 235 g/mol. The van der Waals surface area contributed by atoms with E-state index in [9.17, 15) is 20.1 Å². The first-order valence-electron chi connectivity index (χ1n) is 4.93. The topological polar surface area (TPSA) is 108 Å². The number of hydrogen-bond acceptors (Lipinski definition) is 6. The maximum atomic E-state index is 10.8. The van der Waals surface area contributed by atoms with Crippen LogP contribution < -0.4 is 5.32 Å². The van der Waals surface area contributed by atoms with Crippen LogP contribution in [0.25, 0.3) is 0 Å². The third-order valence-corrected chi connectivity index (χ3v) is 2.42. The summed E-state index contributed by atoms with van der Waals surface area (Å²) < 4.78 is 9.80. The van der Waals surface area contributed by atoms with Crippen LogP contribution >= 0.6 is 0 Å². The predicted molar refractivity (Wildman–Crippen MR) is 52.4 cm³/mol. The van der Waals surface area contributed by atoms with E-state index in [1.165, 1.54) is 14.0 Å². The number of rotatable bonds is 3. The zero-order chi connectivity index (χ0) is 12.3. The summed E-state index contributed by atoms with van der Waals surface area (Å²) in [6, 6.07) is -1.04. The number of carbonyl (C=O) groups excluding carboxylic acids is 1. The SMILES string of the molecule is COC[C@H]1O[C@H](O)[C@H](NC(C)=O)[C@@H](O)[C@H]1O. The van der Waals surface area contributed by atoms with E-state index in [2.05, 4.69) is 5.32 Å². The fourth-order valence-corrected chi connectivity index (χ4v) is 1.64. The number of nitrogens with one attached hydrogen (secondary N) is 1. The zero-order valence-electron chi connectivity index (χ0n) is 9.16. The summed E-state index contributed by atoms with van der Waals surface area (Å²) in [4.78, 5) is 10.8. The smallest absolute Gasteiger partial charge is 0.217 e. The van der Waals surface area contributed by atoms with E-state index in [1.807, 2.05) is 0 Å². The molecule has 1 aliphatic rings. The van der Waals surface area contributed by atoms with Gasteiger partial charge in [0.15, 0.2) is 6.29 Å². The maximum absolute atomic E-state index is 10.8. The average Bonchev–Trinajstić information content (AvgIpc) is 2.21. The van der Waals surface area contributed by atoms with Gasteiger partial charge in [-0.15, -0.1) is 0 Å². The highest BCUT2D eigenvalue weighted by atomic mass is 16.6. The standard InChI is InChI=1S/C9H17NO6/c1-4(11)10-6-8(13)7(12)5(3-15-2)16-9(6)14/h5-9,12-14H,3H2,1-2H3,(H,10,11)/t5-,6-,7+,8-,9+/m1/s1. The van der Waals surface area contributed by atoms with Crippen LogP contribution in [0.15, 0.2) is 0 Å². The summed E-state index contributed by atoms with van der Waals surface area (Å²) in [5, 5.41) is 31.2. The van der Waals surface area contributed by atoms with Gasteiger partial charge in [-0.3, -0.25) is 4.79 Å². The van der Waals surface area contributed by atoms with Crippen molar-refractivity contribution in [3.63, 3.8) is 0 Å². The third kappa shape index (κ3) is 2.89. The molecule has 1 amide bonds. The molecule has 0 aromatic heterocycles. The molecule has 0 spiro atoms. The van der Waals surface area contributed by atoms with E-state index in [1.54, 1.807) is 0 Å². The molecule has 0 saturated carbocycles. The van der Waals surface area contributed by atoms with Gasteiger partial charge in [-0.2, -0.15) is 0 Å². The molecular weight excluding hydrogens is 218 g/mol. The Labute approximate surface area is 93.0 Å². The van der Waals surface area contributed by atoms with E-state index in [0.717, 1.165) is 0 Å². The lowest BCUT2D eigenvalue weighted by Crippen LogP contribution is -2.64. The Kier molecular flexibility index (Phi) is 4.63. The molecule has 1 fully saturated rings. The molecule has 0 radical (unpaired) electrons. The fourth-order valence-electron chi connectivity index (χ4n) is 1.64. The molecule has 0 aromatic rings. The van der Waals surface area contributed by atoms with Crippen LogP contribution in [0, 0.1) is 0 Å². The van der Waals surface area contributed by atoms with Crippen molar-refractivity contribution in [1.29, 1.82) is 0 Å². The zero-order valence-corrected chi connectivity index (χ0v) is 9.16. The molecule has 0 aliphatic carbocycles. The molecule has 5 atom stereocenters. The highest BCUT2D eigenvalue weighted by Gasteiger charge is 2.44. The number of carbonyl (C=O) groups is 1. The van der Waals surface area contributed by atoms with Crippen LogP contribution in [0.5, 0.6) is 0 Å². The molecule has 4 N–H and O–H groups in total. The minimum atomic E-state index is -1.37. The van der Waals surface area contributed by atoms with Crippen LogP contribution in [-0.2, 0) is 14.3 Å². The Balaban J connectivity index is 2.67. The first kappa shape index (κ1) is 13.3. The molecule has 0 unspecified atom stereocenters. The van der Waals surface area contributed by atoms with Crippen molar-refractivity contribution in [2.24, 2.45) is 0 Å². The van der Waals surface area contributed by atoms with Crippen molar-refractivity contribution >= 4 is 5.91 Å². The molecule has 7 nitrogen and oxygen atoms in total. The molecule has 0 aromatic carbocycles. The van der Waals surface area contributed by atoms with Crippen molar-refractivity contribution in [2.75, 3.05) is 13.7 Å². The maximum Gasteiger partial charge on any atom is 0.217 e. The molecule has 16 heavy (non-hydrogen) atoms. The normalized spacial score (nSPS) is 39.4. The number of ether oxygens (including phenoxy) is 2. The number of hydrogen-bond donors (Lipinski definition) is 4. The number of aliphatic hydroxyl groups excluding tert-OH is 3. The predicted octanol–water partition coefficient (Wildman–Crippen LogP) is -2.42. The van der Waals surface area contributed by atoms with Crippen LogP contribution in [-0.4, -0.2) is 65.6 Å². The van der Waals surface area contributed by atoms with Gasteiger partial charge in [0.05, 0.1) is 6.61 Å². The number of methoxy groups -OCH3 is 1. The van der Waals surface area contributed by atoms with Crippen molar-refractivity contribution < 1.29 is 29.6 Å². The van der Waals surface area contributed by atoms with Gasteiger partial charge in [0.2, 0.25) is 5.91 Å². The van der Waals surface area contributed by atoms with E-state index >= 15 is 0 Å². The van der Waals surface area contributed by atoms with Gasteiger partial charge in [0.25, 0.3) is 0 Å². The van der Waals surface area contributed by atoms with Gasteiger partial charge in [-0.1, -0.05) is 0 Å². The lowest BCUT2D eigenvalue weighted by atomic mass is 9.97. The molecule has 1 rings (SSSR count). The Morgan fingerprint density at radius 2 is 2.00 bits per heavy atom. The first-order valence-corrected chi connectivity index (χ1v) is 4.93. The molecule has 0 bridgehead atoms. The highest BCUT2D eigenvalue weighted by molar-refractivity contribution is 5.73. The van der Waals surface area contributed by atoms with Crippen molar-refractivity contribution in [3.05, 3.63) is 0 Å². The van der Waals surface area contributed by atoms with Gasteiger partial charge in [-0.05, 0) is 0 Å². The molecule has 1 heterocycles. The Hall–Kier alpha value is -0.730. The van der Waals surface area contributed by atoms with E-state index in [0.29, 0.717) is 0 Å². The largest absolute Gasteiger partial charge is 0.388 e. The van der Waals surface area contributed by atoms with Crippen LogP contribution in [0.1, 0.15) is 6.92 Å². The molecule has 94 valence electrons. The van der Waals surface area contributed by atoms with Gasteiger partial charge in [0.1, 0.15) is 24.4 Å². The van der Waals surface area contributed by atoms with Gasteiger partial charge < -0.3 is 30.1 Å². The fraction of sp³-hybridized carbons (Fsp3) is 0.889. The van der Waals surface area contributed by atoms with Gasteiger partial charge in [-0.25, -0.2) is 0 Å². The molecule has 7 heteroatoms. The third-order valence-electron chi connectivity index (χ3n) is 2.42. The first-order chi connectivity index (χ1) is 7.47. The summed E-state index contributed by atoms with van der Waals surface area (Å²) in [5.41, 5.74) is 0. The van der Waals surface area contributed by atoms with Gasteiger partial charge >= 0.3 is 0 Å². The lowest BCUT2D eigenvalue weighted by molar-refractivity contribution is -0.255. The van der Waals surface area contributed by atoms with Crippen LogP contribution in [0.2, 0.25) is 0 Å². The summed E-state index contributed by atoms with van der Waals surface area (Å²) in [7, 11) is 1.41. The number of amides is 1. The van der Waals surface area contributed by atoms with Gasteiger partial charge in [0, 0.05) is 14.0 Å². The second-order valence-electron chi connectivity index (χ2n) is 3.73. The summed E-state index contributed by atoms with van der Waals surface area (Å²) in [6.45, 7) is 1.29. The number of aliphatic hydroxyl groups is 3. The Bertz CT molecular complexity index is 248. The molecular formula is C9H17NO6. The van der Waals surface area contributed by atoms with E-state index in [-0.39, 0.29) is 6.61 Å². The Morgan fingerprint density at radius 3 is 2.50 bits per heavy atom. The van der Waals surface area contributed by atoms with Crippen LogP contribution in [0.4, 0.5) is 0 Å². The van der Waals surface area contributed by atoms with Crippen molar-refractivity contribution in [1.82, 2.24) is 5.32 Å². The molecule has 1 saturated heterocycles. The minimum Gasteiger partial charge on any atom is -0.388 e. The highest BCUT2D eigenvalue weighted by Crippen LogP contribution is 2.20. The quantitative estimate of drug-likeness (QED) is 0.433. The van der Waals surface area contributed by atoms with E-state index in [4.69, 9.17) is 9.47 Å². The minimum absolute atomic E-state index is 0.0437. The Morgan fingerprint density at radius 1 is 1.38 bits per heavy atom. The summed E-state index contributed by atoms with van der Waals surface area (Å²) in [5.74, 6) is -0.427. The summed E-state index contributed by atoms with van der Waals surface area (Å²) >= 11 is 0. The lowest BCUT2D eigenvalue weighted by Gasteiger charge is -2.40. The second kappa shape index (κ2) is 5.55. The monoisotopic (exact) mass is 235 g/mol. The van der Waals surface area contributed by atoms with Crippen molar-refractivity contribution in [3.8, 4) is 0 Å². The van der Waals surface area contributed by atoms with E-state index < -0.39 is 36.6 Å². The van der Waals surface area contributed by atoms with Crippen molar-refractivity contribution in [2.45, 2.75) is 37.6 Å².